The highest BCUT2D eigenvalue weighted by molar-refractivity contribution is 9.10. The zero-order valence-corrected chi connectivity index (χ0v) is 15.9. The van der Waals surface area contributed by atoms with Crippen LogP contribution in [0.1, 0.15) is 5.56 Å². The summed E-state index contributed by atoms with van der Waals surface area (Å²) in [6.07, 6.45) is 1.69. The summed E-state index contributed by atoms with van der Waals surface area (Å²) in [4.78, 5) is 29.8. The summed E-state index contributed by atoms with van der Waals surface area (Å²) in [5, 5.41) is 3.61. The lowest BCUT2D eigenvalue weighted by Gasteiger charge is -2.17. The number of benzene rings is 1. The number of hydrogen-bond donors (Lipinski definition) is 1. The molecule has 0 unspecified atom stereocenters. The number of nitrogens with zero attached hydrogens (tertiary/aromatic N) is 2. The van der Waals surface area contributed by atoms with Gasteiger partial charge >= 0.3 is 0 Å². The molecule has 1 aromatic carbocycles. The van der Waals surface area contributed by atoms with E-state index in [1.165, 1.54) is 16.7 Å². The van der Waals surface area contributed by atoms with Crippen molar-refractivity contribution in [1.29, 1.82) is 0 Å². The highest BCUT2D eigenvalue weighted by Crippen LogP contribution is 2.20. The Labute approximate surface area is 154 Å². The molecular formula is C17H18BrN3O2S. The van der Waals surface area contributed by atoms with Crippen molar-refractivity contribution in [1.82, 2.24) is 9.88 Å². The standard InChI is InChI=1S/C17H18BrN3O2S/c1-12-9-13(18)6-7-14(12)20-15(22)10-21(2)17(23)11-24-16-5-3-4-8-19-16/h3-9H,10-11H2,1-2H3,(H,20,22). The first-order chi connectivity index (χ1) is 11.5. The summed E-state index contributed by atoms with van der Waals surface area (Å²) in [7, 11) is 1.62. The van der Waals surface area contributed by atoms with Crippen molar-refractivity contribution in [2.24, 2.45) is 0 Å². The average molecular weight is 408 g/mol. The molecule has 7 heteroatoms. The third-order valence-electron chi connectivity index (χ3n) is 3.25. The highest BCUT2D eigenvalue weighted by Gasteiger charge is 2.14. The van der Waals surface area contributed by atoms with E-state index in [4.69, 9.17) is 0 Å². The molecule has 1 heterocycles. The second kappa shape index (κ2) is 8.84. The van der Waals surface area contributed by atoms with Crippen LogP contribution in [0.25, 0.3) is 0 Å². The van der Waals surface area contributed by atoms with Gasteiger partial charge in [-0.05, 0) is 42.8 Å². The lowest BCUT2D eigenvalue weighted by atomic mass is 10.2. The van der Waals surface area contributed by atoms with Crippen LogP contribution >= 0.6 is 27.7 Å². The maximum absolute atomic E-state index is 12.1. The molecule has 2 amide bonds. The number of thioether (sulfide) groups is 1. The van der Waals surface area contributed by atoms with Gasteiger partial charge in [-0.15, -0.1) is 0 Å². The van der Waals surface area contributed by atoms with Crippen LogP contribution in [-0.4, -0.2) is 41.0 Å². The molecule has 0 aliphatic carbocycles. The van der Waals surface area contributed by atoms with Gasteiger partial charge in [-0.25, -0.2) is 4.98 Å². The number of pyridine rings is 1. The molecule has 2 aromatic rings. The summed E-state index contributed by atoms with van der Waals surface area (Å²) in [6.45, 7) is 1.93. The van der Waals surface area contributed by atoms with E-state index in [1.807, 2.05) is 43.3 Å². The predicted molar refractivity (Wildman–Crippen MR) is 100 cm³/mol. The second-order valence-corrected chi connectivity index (χ2v) is 7.13. The SMILES string of the molecule is Cc1cc(Br)ccc1NC(=O)CN(C)C(=O)CSc1ccccn1. The Hall–Kier alpha value is -1.86. The van der Waals surface area contributed by atoms with Crippen LogP contribution < -0.4 is 5.32 Å². The Bertz CT molecular complexity index is 725. The summed E-state index contributed by atoms with van der Waals surface area (Å²) >= 11 is 4.74. The van der Waals surface area contributed by atoms with Crippen molar-refractivity contribution in [3.8, 4) is 0 Å². The molecule has 0 saturated heterocycles. The zero-order chi connectivity index (χ0) is 17.5. The molecule has 126 valence electrons. The van der Waals surface area contributed by atoms with Crippen molar-refractivity contribution < 1.29 is 9.59 Å². The van der Waals surface area contributed by atoms with Crippen LogP contribution in [0, 0.1) is 6.92 Å². The third-order valence-corrected chi connectivity index (χ3v) is 4.67. The Morgan fingerprint density at radius 2 is 2.08 bits per heavy atom. The zero-order valence-electron chi connectivity index (χ0n) is 13.5. The number of amides is 2. The van der Waals surface area contributed by atoms with Crippen molar-refractivity contribution in [3.05, 3.63) is 52.6 Å². The summed E-state index contributed by atoms with van der Waals surface area (Å²) in [5.74, 6) is -0.0922. The Morgan fingerprint density at radius 3 is 2.75 bits per heavy atom. The van der Waals surface area contributed by atoms with Gasteiger partial charge < -0.3 is 10.2 Å². The van der Waals surface area contributed by atoms with Crippen molar-refractivity contribution in [2.75, 3.05) is 24.7 Å². The summed E-state index contributed by atoms with van der Waals surface area (Å²) in [6, 6.07) is 11.2. The maximum atomic E-state index is 12.1. The molecule has 1 aromatic heterocycles. The molecular weight excluding hydrogens is 390 g/mol. The highest BCUT2D eigenvalue weighted by atomic mass is 79.9. The lowest BCUT2D eigenvalue weighted by molar-refractivity contribution is -0.131. The van der Waals surface area contributed by atoms with Gasteiger partial charge in [-0.1, -0.05) is 33.8 Å². The third kappa shape index (κ3) is 5.65. The molecule has 5 nitrogen and oxygen atoms in total. The van der Waals surface area contributed by atoms with Gasteiger partial charge in [0.15, 0.2) is 0 Å². The minimum atomic E-state index is -0.223. The van der Waals surface area contributed by atoms with Crippen LogP contribution in [-0.2, 0) is 9.59 Å². The number of carbonyl (C=O) groups is 2. The topological polar surface area (TPSA) is 62.3 Å². The predicted octanol–water partition coefficient (Wildman–Crippen LogP) is 3.34. The van der Waals surface area contributed by atoms with Crippen LogP contribution in [0.2, 0.25) is 0 Å². The number of halogens is 1. The van der Waals surface area contributed by atoms with E-state index >= 15 is 0 Å². The average Bonchev–Trinajstić information content (AvgIpc) is 2.56. The molecule has 1 N–H and O–H groups in total. The minimum Gasteiger partial charge on any atom is -0.336 e. The largest absolute Gasteiger partial charge is 0.336 e. The van der Waals surface area contributed by atoms with E-state index in [-0.39, 0.29) is 24.1 Å². The molecule has 0 aliphatic heterocycles. The summed E-state index contributed by atoms with van der Waals surface area (Å²) < 4.78 is 0.955. The maximum Gasteiger partial charge on any atom is 0.243 e. The van der Waals surface area contributed by atoms with E-state index in [0.717, 1.165) is 20.7 Å². The Balaban J connectivity index is 1.83. The van der Waals surface area contributed by atoms with Crippen LogP contribution in [0.15, 0.2) is 52.1 Å². The first-order valence-electron chi connectivity index (χ1n) is 7.29. The molecule has 0 fully saturated rings. The molecule has 2 rings (SSSR count). The molecule has 24 heavy (non-hydrogen) atoms. The van der Waals surface area contributed by atoms with Gasteiger partial charge in [0.2, 0.25) is 11.8 Å². The quantitative estimate of drug-likeness (QED) is 0.745. The molecule has 0 atom stereocenters. The monoisotopic (exact) mass is 407 g/mol. The molecule has 0 spiro atoms. The van der Waals surface area contributed by atoms with Gasteiger partial charge in [0.05, 0.1) is 17.3 Å². The van der Waals surface area contributed by atoms with E-state index in [1.54, 1.807) is 13.2 Å². The minimum absolute atomic E-state index is 0.0110. The van der Waals surface area contributed by atoms with Crippen LogP contribution in [0.3, 0.4) is 0 Å². The molecule has 0 aliphatic rings. The molecule has 0 bridgehead atoms. The summed E-state index contributed by atoms with van der Waals surface area (Å²) in [5.41, 5.74) is 1.70. The number of nitrogens with one attached hydrogen (secondary N) is 1. The van der Waals surface area contributed by atoms with E-state index in [2.05, 4.69) is 26.2 Å². The fourth-order valence-corrected chi connectivity index (χ4v) is 3.22. The number of aromatic nitrogens is 1. The fraction of sp³-hybridized carbons (Fsp3) is 0.235. The van der Waals surface area contributed by atoms with Crippen LogP contribution in [0.4, 0.5) is 5.69 Å². The van der Waals surface area contributed by atoms with Crippen molar-refractivity contribution in [2.45, 2.75) is 11.9 Å². The van der Waals surface area contributed by atoms with Crippen LogP contribution in [0.5, 0.6) is 0 Å². The lowest BCUT2D eigenvalue weighted by Crippen LogP contribution is -2.36. The number of likely N-dealkylation sites (N-methyl/N-ethyl adjacent to an activating group) is 1. The van der Waals surface area contributed by atoms with Gasteiger partial charge in [0, 0.05) is 23.4 Å². The smallest absolute Gasteiger partial charge is 0.243 e. The Morgan fingerprint density at radius 1 is 1.29 bits per heavy atom. The molecule has 0 saturated carbocycles. The van der Waals surface area contributed by atoms with Crippen molar-refractivity contribution >= 4 is 45.2 Å². The van der Waals surface area contributed by atoms with E-state index < -0.39 is 0 Å². The second-order valence-electron chi connectivity index (χ2n) is 5.21. The normalized spacial score (nSPS) is 10.3. The fourth-order valence-electron chi connectivity index (χ4n) is 1.94. The van der Waals surface area contributed by atoms with Gasteiger partial charge in [0.25, 0.3) is 0 Å². The van der Waals surface area contributed by atoms with Gasteiger partial charge in [-0.2, -0.15) is 0 Å². The Kier molecular flexibility index (Phi) is 6.81. The number of aryl methyl sites for hydroxylation is 1. The number of hydrogen-bond acceptors (Lipinski definition) is 4. The molecule has 0 radical (unpaired) electrons. The van der Waals surface area contributed by atoms with E-state index in [9.17, 15) is 9.59 Å². The number of carbonyl (C=O) groups excluding carboxylic acids is 2. The van der Waals surface area contributed by atoms with E-state index in [0.29, 0.717) is 0 Å². The first kappa shape index (κ1) is 18.5. The number of anilines is 1. The number of rotatable bonds is 6. The van der Waals surface area contributed by atoms with Gasteiger partial charge in [-0.3, -0.25) is 9.59 Å². The van der Waals surface area contributed by atoms with Crippen molar-refractivity contribution in [3.63, 3.8) is 0 Å². The first-order valence-corrected chi connectivity index (χ1v) is 9.07. The van der Waals surface area contributed by atoms with Gasteiger partial charge in [0.1, 0.15) is 0 Å².